The van der Waals surface area contributed by atoms with Gasteiger partial charge < -0.3 is 35.2 Å². The van der Waals surface area contributed by atoms with Gasteiger partial charge in [0.15, 0.2) is 11.5 Å². The molecule has 0 aromatic carbocycles. The minimum absolute atomic E-state index is 0.200. The summed E-state index contributed by atoms with van der Waals surface area (Å²) in [6, 6.07) is 0. The predicted octanol–water partition coefficient (Wildman–Crippen LogP) is -0.620. The van der Waals surface area contributed by atoms with Crippen LogP contribution in [0.4, 0.5) is 10.2 Å². The van der Waals surface area contributed by atoms with Gasteiger partial charge in [-0.1, -0.05) is 0 Å². The zero-order valence-electron chi connectivity index (χ0n) is 11.0. The molecule has 0 saturated heterocycles. The number of H-pyrrole nitrogens is 1. The Kier molecular flexibility index (Phi) is 6.30. The van der Waals surface area contributed by atoms with Gasteiger partial charge in [-0.15, -0.1) is 0 Å². The Morgan fingerprint density at radius 3 is 1.96 bits per heavy atom. The SMILES string of the molecule is Nc1ncnc2nc(F)[nH]c12.O=P(O)(O)OP(=O)(O)OP(=O)(O)O. The fourth-order valence-electron chi connectivity index (χ4n) is 1.10. The molecule has 0 unspecified atom stereocenters. The summed E-state index contributed by atoms with van der Waals surface area (Å²) >= 11 is 0. The second-order valence-corrected chi connectivity index (χ2v) is 7.80. The molecule has 15 nitrogen and oxygen atoms in total. The fraction of sp³-hybridized carbons (Fsp3) is 0. The van der Waals surface area contributed by atoms with Gasteiger partial charge in [-0.3, -0.25) is 0 Å². The molecule has 0 radical (unpaired) electrons. The number of nitrogen functional groups attached to an aromatic ring is 1. The predicted molar refractivity (Wildman–Crippen MR) is 72.1 cm³/mol. The van der Waals surface area contributed by atoms with E-state index in [0.717, 1.165) is 0 Å². The number of nitrogens with two attached hydrogens (primary N) is 1. The molecule has 0 spiro atoms. The second kappa shape index (κ2) is 7.29. The van der Waals surface area contributed by atoms with Crippen molar-refractivity contribution in [1.82, 2.24) is 19.9 Å². The van der Waals surface area contributed by atoms with Crippen LogP contribution in [0.25, 0.3) is 11.2 Å². The van der Waals surface area contributed by atoms with Gasteiger partial charge in [0.05, 0.1) is 0 Å². The van der Waals surface area contributed by atoms with E-state index in [9.17, 15) is 18.1 Å². The van der Waals surface area contributed by atoms with E-state index in [-0.39, 0.29) is 11.5 Å². The van der Waals surface area contributed by atoms with Crippen LogP contribution in [0.15, 0.2) is 6.33 Å². The molecule has 0 aliphatic carbocycles. The number of aromatic nitrogens is 4. The normalized spacial score (nSPS) is 12.8. The third-order valence-electron chi connectivity index (χ3n) is 1.71. The van der Waals surface area contributed by atoms with Crippen LogP contribution in [0.3, 0.4) is 0 Å². The Labute approximate surface area is 130 Å². The lowest BCUT2D eigenvalue weighted by Crippen LogP contribution is -1.91. The summed E-state index contributed by atoms with van der Waals surface area (Å²) in [6.07, 6.45) is 0.532. The largest absolute Gasteiger partial charge is 0.490 e. The van der Waals surface area contributed by atoms with Crippen molar-refractivity contribution >= 4 is 40.4 Å². The number of fused-ring (bicyclic) bond motifs is 1. The summed E-state index contributed by atoms with van der Waals surface area (Å²) in [7, 11) is -16.2. The van der Waals surface area contributed by atoms with E-state index in [2.05, 4.69) is 28.6 Å². The van der Waals surface area contributed by atoms with E-state index in [1.54, 1.807) is 0 Å². The summed E-state index contributed by atoms with van der Waals surface area (Å²) < 4.78 is 48.8. The van der Waals surface area contributed by atoms with Crippen molar-refractivity contribution < 1.29 is 51.2 Å². The lowest BCUT2D eigenvalue weighted by Gasteiger charge is -2.11. The zero-order valence-corrected chi connectivity index (χ0v) is 13.7. The van der Waals surface area contributed by atoms with Gasteiger partial charge in [-0.25, -0.2) is 23.7 Å². The number of halogens is 1. The summed E-state index contributed by atoms with van der Waals surface area (Å²) in [6.45, 7) is 0. The third-order valence-corrected chi connectivity index (χ3v) is 5.06. The summed E-state index contributed by atoms with van der Waals surface area (Å²) in [5.74, 6) is 0.200. The zero-order chi connectivity index (χ0) is 18.8. The van der Waals surface area contributed by atoms with Crippen molar-refractivity contribution in [2.24, 2.45) is 0 Å². The monoisotopic (exact) mass is 411 g/mol. The molecule has 136 valence electrons. The van der Waals surface area contributed by atoms with Crippen LogP contribution in [0.5, 0.6) is 0 Å². The maximum atomic E-state index is 12.4. The first-order chi connectivity index (χ1) is 10.7. The van der Waals surface area contributed by atoms with Crippen LogP contribution in [0.2, 0.25) is 0 Å². The van der Waals surface area contributed by atoms with Crippen molar-refractivity contribution in [2.45, 2.75) is 0 Å². The molecule has 0 aliphatic rings. The number of phosphoric acid groups is 3. The van der Waals surface area contributed by atoms with E-state index in [0.29, 0.717) is 5.52 Å². The van der Waals surface area contributed by atoms with Crippen molar-refractivity contribution in [2.75, 3.05) is 5.73 Å². The highest BCUT2D eigenvalue weighted by atomic mass is 31.3. The van der Waals surface area contributed by atoms with Crippen LogP contribution in [0, 0.1) is 6.08 Å². The first-order valence-electron chi connectivity index (χ1n) is 5.17. The highest BCUT2D eigenvalue weighted by Crippen LogP contribution is 2.64. The Bertz CT molecular complexity index is 832. The lowest BCUT2D eigenvalue weighted by molar-refractivity contribution is 0.204. The van der Waals surface area contributed by atoms with Crippen molar-refractivity contribution in [3.05, 3.63) is 12.4 Å². The number of anilines is 1. The first kappa shape index (κ1) is 20.7. The Morgan fingerprint density at radius 1 is 1.04 bits per heavy atom. The number of rotatable bonds is 4. The van der Waals surface area contributed by atoms with Gasteiger partial charge in [0.25, 0.3) is 6.08 Å². The average molecular weight is 411 g/mol. The molecular weight excluding hydrogens is 402 g/mol. The molecule has 8 N–H and O–H groups in total. The van der Waals surface area contributed by atoms with Crippen LogP contribution < -0.4 is 5.73 Å². The lowest BCUT2D eigenvalue weighted by atomic mass is 10.5. The maximum Gasteiger partial charge on any atom is 0.490 e. The standard InChI is InChI=1S/C5H4FN5.H5O10P3/c6-5-10-2-3(7)8-1-9-4(2)11-5;1-11(2,3)9-13(7,8)10-12(4,5)6/h1H,(H3,7,8,9,10,11);(H,7,8)(H2,1,2,3)(H2,4,5,6). The maximum absolute atomic E-state index is 12.4. The Balaban J connectivity index is 0.000000242. The summed E-state index contributed by atoms with van der Waals surface area (Å²) in [5, 5.41) is 0. The topological polar surface area (TPSA) is 251 Å². The average Bonchev–Trinajstić information content (AvgIpc) is 2.65. The highest BCUT2D eigenvalue weighted by molar-refractivity contribution is 7.66. The number of nitrogens with zero attached hydrogens (tertiary/aromatic N) is 3. The minimum atomic E-state index is -5.46. The fourth-order valence-corrected chi connectivity index (χ4v) is 3.64. The van der Waals surface area contributed by atoms with Crippen LogP contribution in [0.1, 0.15) is 0 Å². The molecule has 2 heterocycles. The van der Waals surface area contributed by atoms with Gasteiger partial charge in [-0.2, -0.15) is 18.0 Å². The molecule has 0 aliphatic heterocycles. The second-order valence-electron chi connectivity index (χ2n) is 3.60. The van der Waals surface area contributed by atoms with Gasteiger partial charge in [0, 0.05) is 0 Å². The summed E-state index contributed by atoms with van der Waals surface area (Å²) in [4.78, 5) is 53.3. The number of hydrogen-bond acceptors (Lipinski definition) is 9. The van der Waals surface area contributed by atoms with Gasteiger partial charge >= 0.3 is 23.5 Å². The van der Waals surface area contributed by atoms with Crippen molar-refractivity contribution in [3.8, 4) is 0 Å². The smallest absolute Gasteiger partial charge is 0.382 e. The molecule has 2 rings (SSSR count). The van der Waals surface area contributed by atoms with E-state index < -0.39 is 29.5 Å². The number of imidazole rings is 1. The first-order valence-corrected chi connectivity index (χ1v) is 9.72. The Morgan fingerprint density at radius 2 is 1.54 bits per heavy atom. The highest BCUT2D eigenvalue weighted by Gasteiger charge is 2.38. The molecule has 0 amide bonds. The van der Waals surface area contributed by atoms with Crippen molar-refractivity contribution in [1.29, 1.82) is 0 Å². The third kappa shape index (κ3) is 7.51. The molecule has 0 atom stereocenters. The molecule has 0 bridgehead atoms. The van der Waals surface area contributed by atoms with Crippen LogP contribution >= 0.6 is 23.5 Å². The van der Waals surface area contributed by atoms with Gasteiger partial charge in [0.2, 0.25) is 0 Å². The molecular formula is C5H9FN5O10P3. The molecule has 0 fully saturated rings. The molecule has 2 aromatic heterocycles. The van der Waals surface area contributed by atoms with E-state index in [1.165, 1.54) is 6.33 Å². The van der Waals surface area contributed by atoms with E-state index >= 15 is 0 Å². The van der Waals surface area contributed by atoms with Crippen molar-refractivity contribution in [3.63, 3.8) is 0 Å². The van der Waals surface area contributed by atoms with Gasteiger partial charge in [-0.05, 0) is 0 Å². The minimum Gasteiger partial charge on any atom is -0.382 e. The molecule has 24 heavy (non-hydrogen) atoms. The molecule has 19 heteroatoms. The van der Waals surface area contributed by atoms with Gasteiger partial charge in [0.1, 0.15) is 11.8 Å². The number of aromatic amines is 1. The molecule has 2 aromatic rings. The number of nitrogens with one attached hydrogen (secondary N) is 1. The van der Waals surface area contributed by atoms with E-state index in [4.69, 9.17) is 30.2 Å². The Hall–Kier alpha value is -1.31. The van der Waals surface area contributed by atoms with E-state index in [1.807, 2.05) is 0 Å². The summed E-state index contributed by atoms with van der Waals surface area (Å²) in [5.41, 5.74) is 5.96. The quantitative estimate of drug-likeness (QED) is 0.245. The van der Waals surface area contributed by atoms with Crippen LogP contribution in [-0.4, -0.2) is 44.4 Å². The number of hydrogen-bond donors (Lipinski definition) is 7. The molecule has 0 saturated carbocycles. The van der Waals surface area contributed by atoms with Crippen LogP contribution in [-0.2, 0) is 22.3 Å².